The molecule has 3 rings (SSSR count). The minimum Gasteiger partial charge on any atom is -0.494 e. The van der Waals surface area contributed by atoms with Crippen LogP contribution in [-0.4, -0.2) is 33.4 Å². The van der Waals surface area contributed by atoms with Crippen molar-refractivity contribution in [2.75, 3.05) is 27.6 Å². The predicted molar refractivity (Wildman–Crippen MR) is 96.6 cm³/mol. The maximum absolute atomic E-state index is 12.4. The summed E-state index contributed by atoms with van der Waals surface area (Å²) in [6.07, 6.45) is 3.15. The summed E-state index contributed by atoms with van der Waals surface area (Å²) in [6.45, 7) is 2.59. The topological polar surface area (TPSA) is 63.2 Å². The van der Waals surface area contributed by atoms with Crippen molar-refractivity contribution in [1.82, 2.24) is 0 Å². The van der Waals surface area contributed by atoms with E-state index in [0.29, 0.717) is 40.7 Å². The fraction of sp³-hybridized carbons (Fsp3) is 0.250. The molecule has 6 heteroatoms. The first-order chi connectivity index (χ1) is 12.7. The Morgan fingerprint density at radius 1 is 1.12 bits per heavy atom. The minimum atomic E-state index is -0.133. The number of hydrogen-bond donors (Lipinski definition) is 0. The molecule has 1 aliphatic heterocycles. The molecular formula is C20H20O6. The number of carbonyl (C=O) groups excluding carboxylic acids is 1. The quantitative estimate of drug-likeness (QED) is 0.556. The Morgan fingerprint density at radius 2 is 1.85 bits per heavy atom. The number of fused-ring (bicyclic) bond motifs is 1. The van der Waals surface area contributed by atoms with Crippen molar-refractivity contribution in [2.45, 2.75) is 6.92 Å². The van der Waals surface area contributed by atoms with Gasteiger partial charge in [0.25, 0.3) is 0 Å². The van der Waals surface area contributed by atoms with E-state index in [4.69, 9.17) is 23.7 Å². The van der Waals surface area contributed by atoms with Gasteiger partial charge in [-0.15, -0.1) is 0 Å². The van der Waals surface area contributed by atoms with Crippen molar-refractivity contribution in [3.05, 3.63) is 47.5 Å². The lowest BCUT2D eigenvalue weighted by Gasteiger charge is -2.11. The molecule has 0 saturated carbocycles. The van der Waals surface area contributed by atoms with Crippen LogP contribution in [-0.2, 0) is 0 Å². The van der Waals surface area contributed by atoms with E-state index in [2.05, 4.69) is 0 Å². The maximum atomic E-state index is 12.4. The number of hydrogen-bond acceptors (Lipinski definition) is 6. The van der Waals surface area contributed by atoms with Crippen LogP contribution >= 0.6 is 0 Å². The van der Waals surface area contributed by atoms with E-state index in [0.717, 1.165) is 5.75 Å². The Hall–Kier alpha value is -3.15. The van der Waals surface area contributed by atoms with E-state index in [1.165, 1.54) is 13.2 Å². The Morgan fingerprint density at radius 3 is 2.50 bits per heavy atom. The highest BCUT2D eigenvalue weighted by Crippen LogP contribution is 2.49. The Balaban J connectivity index is 1.86. The number of carbonyl (C=O) groups is 1. The third kappa shape index (κ3) is 3.44. The highest BCUT2D eigenvalue weighted by molar-refractivity contribution is 6.07. The van der Waals surface area contributed by atoms with Crippen molar-refractivity contribution >= 4 is 11.9 Å². The second-order valence-corrected chi connectivity index (χ2v) is 5.42. The molecule has 0 aliphatic carbocycles. The van der Waals surface area contributed by atoms with Crippen molar-refractivity contribution in [1.29, 1.82) is 0 Å². The Kier molecular flexibility index (Phi) is 5.31. The molecule has 0 radical (unpaired) electrons. The third-order valence-corrected chi connectivity index (χ3v) is 3.88. The molecule has 6 nitrogen and oxygen atoms in total. The summed E-state index contributed by atoms with van der Waals surface area (Å²) in [7, 11) is 3.08. The first-order valence-electron chi connectivity index (χ1n) is 8.17. The number of methoxy groups -OCH3 is 2. The standard InChI is InChI=1S/C20H20O6/c1-4-24-15-8-5-13(6-9-15)16(21)10-7-14-11-17(22-2)19-20(18(14)23-3)26-12-25-19/h5-11H,4,12H2,1-3H3/b10-7+. The first kappa shape index (κ1) is 17.7. The van der Waals surface area contributed by atoms with Crippen LogP contribution in [0, 0.1) is 0 Å². The number of benzene rings is 2. The highest BCUT2D eigenvalue weighted by Gasteiger charge is 2.26. The molecule has 2 aromatic rings. The fourth-order valence-corrected chi connectivity index (χ4v) is 2.66. The smallest absolute Gasteiger partial charge is 0.231 e. The molecule has 1 heterocycles. The molecule has 0 saturated heterocycles. The third-order valence-electron chi connectivity index (χ3n) is 3.88. The van der Waals surface area contributed by atoms with Crippen molar-refractivity contribution < 1.29 is 28.5 Å². The SMILES string of the molecule is CCOc1ccc(C(=O)/C=C/c2cc(OC)c3c(c2OC)OCO3)cc1. The van der Waals surface area contributed by atoms with Gasteiger partial charge in [-0.1, -0.05) is 0 Å². The van der Waals surface area contributed by atoms with E-state index in [9.17, 15) is 4.79 Å². The molecule has 0 atom stereocenters. The molecule has 0 spiro atoms. The van der Waals surface area contributed by atoms with Gasteiger partial charge >= 0.3 is 0 Å². The van der Waals surface area contributed by atoms with Gasteiger partial charge in [-0.2, -0.15) is 0 Å². The molecule has 0 unspecified atom stereocenters. The largest absolute Gasteiger partial charge is 0.494 e. The van der Waals surface area contributed by atoms with Crippen LogP contribution in [0.5, 0.6) is 28.7 Å². The van der Waals surface area contributed by atoms with Gasteiger partial charge < -0.3 is 23.7 Å². The van der Waals surface area contributed by atoms with E-state index < -0.39 is 0 Å². The lowest BCUT2D eigenvalue weighted by Crippen LogP contribution is -1.97. The molecule has 0 N–H and O–H groups in total. The molecule has 0 fully saturated rings. The zero-order valence-electron chi connectivity index (χ0n) is 14.9. The Bertz CT molecular complexity index is 823. The molecular weight excluding hydrogens is 336 g/mol. The van der Waals surface area contributed by atoms with Crippen LogP contribution in [0.25, 0.3) is 6.08 Å². The maximum Gasteiger partial charge on any atom is 0.231 e. The van der Waals surface area contributed by atoms with Crippen molar-refractivity contribution in [2.24, 2.45) is 0 Å². The summed E-state index contributed by atoms with van der Waals surface area (Å²) in [5.41, 5.74) is 1.23. The highest BCUT2D eigenvalue weighted by atomic mass is 16.7. The van der Waals surface area contributed by atoms with Gasteiger partial charge in [0.05, 0.1) is 20.8 Å². The summed E-state index contributed by atoms with van der Waals surface area (Å²) in [6, 6.07) is 8.75. The normalized spacial score (nSPS) is 12.3. The van der Waals surface area contributed by atoms with Crippen LogP contribution in [0.15, 0.2) is 36.4 Å². The second-order valence-electron chi connectivity index (χ2n) is 5.42. The predicted octanol–water partition coefficient (Wildman–Crippen LogP) is 3.73. The molecule has 0 bridgehead atoms. The average Bonchev–Trinajstić information content (AvgIpc) is 3.15. The number of rotatable bonds is 7. The number of ketones is 1. The van der Waals surface area contributed by atoms with Crippen molar-refractivity contribution in [3.63, 3.8) is 0 Å². The van der Waals surface area contributed by atoms with E-state index in [1.54, 1.807) is 43.5 Å². The van der Waals surface area contributed by atoms with E-state index in [1.807, 2.05) is 6.92 Å². The van der Waals surface area contributed by atoms with E-state index in [-0.39, 0.29) is 12.6 Å². The number of ether oxygens (including phenoxy) is 5. The van der Waals surface area contributed by atoms with Crippen LogP contribution in [0.1, 0.15) is 22.8 Å². The molecule has 2 aromatic carbocycles. The lowest BCUT2D eigenvalue weighted by atomic mass is 10.1. The van der Waals surface area contributed by atoms with Crippen LogP contribution < -0.4 is 23.7 Å². The van der Waals surface area contributed by atoms with Crippen molar-refractivity contribution in [3.8, 4) is 28.7 Å². The van der Waals surface area contributed by atoms with Gasteiger partial charge in [0.2, 0.25) is 18.3 Å². The number of allylic oxidation sites excluding steroid dienone is 1. The average molecular weight is 356 g/mol. The van der Waals surface area contributed by atoms with Gasteiger partial charge in [-0.25, -0.2) is 0 Å². The second kappa shape index (κ2) is 7.82. The van der Waals surface area contributed by atoms with E-state index >= 15 is 0 Å². The molecule has 0 amide bonds. The molecule has 136 valence electrons. The zero-order valence-corrected chi connectivity index (χ0v) is 14.9. The van der Waals surface area contributed by atoms with Gasteiger partial charge in [0, 0.05) is 11.1 Å². The van der Waals surface area contributed by atoms with Gasteiger partial charge in [-0.3, -0.25) is 4.79 Å². The van der Waals surface area contributed by atoms with Gasteiger partial charge in [0.1, 0.15) is 5.75 Å². The minimum absolute atomic E-state index is 0.0976. The monoisotopic (exact) mass is 356 g/mol. The van der Waals surface area contributed by atoms with Crippen LogP contribution in [0.4, 0.5) is 0 Å². The first-order valence-corrected chi connectivity index (χ1v) is 8.17. The van der Waals surface area contributed by atoms with Gasteiger partial charge in [-0.05, 0) is 49.4 Å². The molecule has 1 aliphatic rings. The summed E-state index contributed by atoms with van der Waals surface area (Å²) in [5, 5.41) is 0. The zero-order chi connectivity index (χ0) is 18.5. The Labute approximate surface area is 151 Å². The fourth-order valence-electron chi connectivity index (χ4n) is 2.66. The summed E-state index contributed by atoms with van der Waals surface area (Å²) < 4.78 is 27.0. The lowest BCUT2D eigenvalue weighted by molar-refractivity contribution is 0.104. The van der Waals surface area contributed by atoms with Crippen LogP contribution in [0.3, 0.4) is 0 Å². The molecule has 26 heavy (non-hydrogen) atoms. The summed E-state index contributed by atoms with van der Waals surface area (Å²) in [4.78, 5) is 12.4. The summed E-state index contributed by atoms with van der Waals surface area (Å²) >= 11 is 0. The van der Waals surface area contributed by atoms with Gasteiger partial charge in [0.15, 0.2) is 17.3 Å². The summed E-state index contributed by atoms with van der Waals surface area (Å²) in [5.74, 6) is 2.59. The van der Waals surface area contributed by atoms with Crippen LogP contribution in [0.2, 0.25) is 0 Å². The molecule has 0 aromatic heterocycles.